The van der Waals surface area contributed by atoms with Crippen LogP contribution in [-0.4, -0.2) is 12.5 Å². The Bertz CT molecular complexity index is 286. The summed E-state index contributed by atoms with van der Waals surface area (Å²) in [7, 11) is 0. The average Bonchev–Trinajstić information content (AvgIpc) is 2.05. The Hall–Kier alpha value is -0.580. The van der Waals surface area contributed by atoms with Crippen molar-refractivity contribution in [1.82, 2.24) is 0 Å². The summed E-state index contributed by atoms with van der Waals surface area (Å²) in [5.74, 6) is 0.252. The minimum atomic E-state index is 0.252. The minimum absolute atomic E-state index is 0.252. The molecule has 12 heavy (non-hydrogen) atoms. The summed E-state index contributed by atoms with van der Waals surface area (Å²) in [6.07, 6.45) is 0. The van der Waals surface area contributed by atoms with Crippen LogP contribution in [-0.2, 0) is 4.74 Å². The van der Waals surface area contributed by atoms with E-state index in [2.05, 4.69) is 22.6 Å². The first kappa shape index (κ1) is 9.51. The van der Waals surface area contributed by atoms with E-state index in [9.17, 15) is 0 Å². The van der Waals surface area contributed by atoms with Gasteiger partial charge < -0.3 is 4.74 Å². The van der Waals surface area contributed by atoms with E-state index in [1.165, 1.54) is 0 Å². The molecule has 1 aromatic carbocycles. The Kier molecular flexibility index (Phi) is 3.52. The molecular formula is C9H10INO. The van der Waals surface area contributed by atoms with Gasteiger partial charge in [0.2, 0.25) is 5.90 Å². The normalized spacial score (nSPS) is 9.50. The molecule has 0 saturated heterocycles. The second-order valence-corrected chi connectivity index (χ2v) is 3.40. The first-order chi connectivity index (χ1) is 5.75. The molecule has 0 fully saturated rings. The lowest BCUT2D eigenvalue weighted by molar-refractivity contribution is 0.325. The third-order valence-corrected chi connectivity index (χ3v) is 2.35. The number of halogens is 1. The van der Waals surface area contributed by atoms with Crippen molar-refractivity contribution in [3.63, 3.8) is 0 Å². The Morgan fingerprint density at radius 3 is 2.75 bits per heavy atom. The van der Waals surface area contributed by atoms with Crippen LogP contribution in [0.15, 0.2) is 24.3 Å². The predicted molar refractivity (Wildman–Crippen MR) is 57.6 cm³/mol. The van der Waals surface area contributed by atoms with Crippen molar-refractivity contribution in [2.75, 3.05) is 6.61 Å². The fourth-order valence-electron chi connectivity index (χ4n) is 0.867. The van der Waals surface area contributed by atoms with Gasteiger partial charge >= 0.3 is 0 Å². The molecule has 0 saturated carbocycles. The minimum Gasteiger partial charge on any atom is -0.478 e. The van der Waals surface area contributed by atoms with Crippen molar-refractivity contribution in [3.8, 4) is 0 Å². The molecule has 1 N–H and O–H groups in total. The van der Waals surface area contributed by atoms with Gasteiger partial charge in [-0.3, -0.25) is 5.41 Å². The lowest BCUT2D eigenvalue weighted by Gasteiger charge is -2.05. The van der Waals surface area contributed by atoms with Crippen molar-refractivity contribution in [2.24, 2.45) is 0 Å². The predicted octanol–water partition coefficient (Wildman–Crippen LogP) is 2.65. The zero-order valence-corrected chi connectivity index (χ0v) is 8.96. The Labute approximate surface area is 85.6 Å². The third-order valence-electron chi connectivity index (χ3n) is 1.41. The smallest absolute Gasteiger partial charge is 0.214 e. The van der Waals surface area contributed by atoms with Crippen LogP contribution in [0.2, 0.25) is 0 Å². The van der Waals surface area contributed by atoms with Crippen molar-refractivity contribution in [2.45, 2.75) is 6.92 Å². The van der Waals surface area contributed by atoms with Gasteiger partial charge in [-0.1, -0.05) is 12.1 Å². The topological polar surface area (TPSA) is 33.1 Å². The van der Waals surface area contributed by atoms with E-state index < -0.39 is 0 Å². The zero-order valence-electron chi connectivity index (χ0n) is 6.80. The van der Waals surface area contributed by atoms with Gasteiger partial charge in [0, 0.05) is 9.13 Å². The summed E-state index contributed by atoms with van der Waals surface area (Å²) in [6, 6.07) is 7.71. The summed E-state index contributed by atoms with van der Waals surface area (Å²) in [4.78, 5) is 0. The third kappa shape index (κ3) is 2.20. The van der Waals surface area contributed by atoms with Crippen molar-refractivity contribution >= 4 is 28.5 Å². The van der Waals surface area contributed by atoms with Gasteiger partial charge in [0.25, 0.3) is 0 Å². The van der Waals surface area contributed by atoms with Crippen LogP contribution in [0, 0.1) is 8.98 Å². The number of rotatable bonds is 2. The van der Waals surface area contributed by atoms with Crippen LogP contribution < -0.4 is 0 Å². The highest BCUT2D eigenvalue weighted by Crippen LogP contribution is 2.12. The van der Waals surface area contributed by atoms with Crippen LogP contribution in [0.25, 0.3) is 0 Å². The molecular weight excluding hydrogens is 265 g/mol. The average molecular weight is 275 g/mol. The van der Waals surface area contributed by atoms with Gasteiger partial charge in [0.15, 0.2) is 0 Å². The fraction of sp³-hybridized carbons (Fsp3) is 0.222. The van der Waals surface area contributed by atoms with Gasteiger partial charge in [-0.05, 0) is 41.6 Å². The zero-order chi connectivity index (χ0) is 8.97. The summed E-state index contributed by atoms with van der Waals surface area (Å²) in [5, 5.41) is 7.54. The van der Waals surface area contributed by atoms with Crippen molar-refractivity contribution in [1.29, 1.82) is 5.41 Å². The highest BCUT2D eigenvalue weighted by atomic mass is 127. The number of nitrogens with one attached hydrogen (secondary N) is 1. The number of hydrogen-bond acceptors (Lipinski definition) is 2. The van der Waals surface area contributed by atoms with Crippen LogP contribution in [0.1, 0.15) is 12.5 Å². The molecule has 0 bridgehead atoms. The number of hydrogen-bond donors (Lipinski definition) is 1. The highest BCUT2D eigenvalue weighted by Gasteiger charge is 2.04. The fourth-order valence-corrected chi connectivity index (χ4v) is 1.50. The maximum Gasteiger partial charge on any atom is 0.214 e. The second kappa shape index (κ2) is 4.45. The van der Waals surface area contributed by atoms with Gasteiger partial charge in [0.1, 0.15) is 0 Å². The quantitative estimate of drug-likeness (QED) is 0.502. The molecule has 0 aliphatic carbocycles. The summed E-state index contributed by atoms with van der Waals surface area (Å²) in [5.41, 5.74) is 0.861. The second-order valence-electron chi connectivity index (χ2n) is 2.24. The van der Waals surface area contributed by atoms with E-state index in [0.29, 0.717) is 6.61 Å². The van der Waals surface area contributed by atoms with Crippen LogP contribution in [0.5, 0.6) is 0 Å². The number of ether oxygens (including phenoxy) is 1. The molecule has 2 nitrogen and oxygen atoms in total. The SMILES string of the molecule is CCOC(=N)c1ccccc1I. The molecule has 3 heteroatoms. The van der Waals surface area contributed by atoms with Crippen LogP contribution in [0.4, 0.5) is 0 Å². The maximum atomic E-state index is 7.54. The molecule has 0 unspecified atom stereocenters. The standard InChI is InChI=1S/C9H10INO/c1-2-12-9(11)7-5-3-4-6-8(7)10/h3-6,11H,2H2,1H3. The first-order valence-electron chi connectivity index (χ1n) is 3.72. The molecule has 0 radical (unpaired) electrons. The molecule has 0 aliphatic rings. The van der Waals surface area contributed by atoms with E-state index in [1.807, 2.05) is 31.2 Å². The van der Waals surface area contributed by atoms with Crippen molar-refractivity contribution in [3.05, 3.63) is 33.4 Å². The highest BCUT2D eigenvalue weighted by molar-refractivity contribution is 14.1. The molecule has 0 aromatic heterocycles. The molecule has 64 valence electrons. The monoisotopic (exact) mass is 275 g/mol. The Balaban J connectivity index is 2.87. The molecule has 1 aromatic rings. The van der Waals surface area contributed by atoms with Gasteiger partial charge in [0.05, 0.1) is 6.61 Å². The Morgan fingerprint density at radius 2 is 2.17 bits per heavy atom. The lowest BCUT2D eigenvalue weighted by atomic mass is 10.2. The summed E-state index contributed by atoms with van der Waals surface area (Å²) < 4.78 is 6.14. The lowest BCUT2D eigenvalue weighted by Crippen LogP contribution is -2.06. The molecule has 0 aliphatic heterocycles. The van der Waals surface area contributed by atoms with Crippen LogP contribution >= 0.6 is 22.6 Å². The van der Waals surface area contributed by atoms with E-state index >= 15 is 0 Å². The summed E-state index contributed by atoms with van der Waals surface area (Å²) >= 11 is 2.19. The van der Waals surface area contributed by atoms with E-state index in [0.717, 1.165) is 9.13 Å². The molecule has 1 rings (SSSR count). The number of benzene rings is 1. The Morgan fingerprint density at radius 1 is 1.50 bits per heavy atom. The van der Waals surface area contributed by atoms with E-state index in [-0.39, 0.29) is 5.90 Å². The van der Waals surface area contributed by atoms with E-state index in [1.54, 1.807) is 0 Å². The van der Waals surface area contributed by atoms with Crippen LogP contribution in [0.3, 0.4) is 0 Å². The van der Waals surface area contributed by atoms with Gasteiger partial charge in [-0.2, -0.15) is 0 Å². The molecule has 0 heterocycles. The molecule has 0 amide bonds. The first-order valence-corrected chi connectivity index (χ1v) is 4.79. The van der Waals surface area contributed by atoms with Crippen molar-refractivity contribution < 1.29 is 4.74 Å². The molecule has 0 spiro atoms. The van der Waals surface area contributed by atoms with Gasteiger partial charge in [-0.25, -0.2) is 0 Å². The maximum absolute atomic E-state index is 7.54. The molecule has 0 atom stereocenters. The largest absolute Gasteiger partial charge is 0.478 e. The summed E-state index contributed by atoms with van der Waals surface area (Å²) in [6.45, 7) is 2.42. The van der Waals surface area contributed by atoms with E-state index in [4.69, 9.17) is 10.1 Å². The van der Waals surface area contributed by atoms with Gasteiger partial charge in [-0.15, -0.1) is 0 Å².